The maximum absolute atomic E-state index is 13.0. The summed E-state index contributed by atoms with van der Waals surface area (Å²) in [5.74, 6) is 0.252. The van der Waals surface area contributed by atoms with E-state index in [0.29, 0.717) is 22.6 Å². The molecular formula is C26H21N3O5. The predicted octanol–water partition coefficient (Wildman–Crippen LogP) is 4.69. The zero-order valence-electron chi connectivity index (χ0n) is 18.8. The van der Waals surface area contributed by atoms with Crippen LogP contribution in [0.3, 0.4) is 0 Å². The van der Waals surface area contributed by atoms with Crippen LogP contribution in [0.15, 0.2) is 76.2 Å². The SMILES string of the molecule is COc1ccc(-c2cn3ccc(C)cc3n2)cc1NC(=O)c1cc2cccc(OC)c2oc1=O. The third-order valence-electron chi connectivity index (χ3n) is 5.55. The van der Waals surface area contributed by atoms with E-state index in [1.807, 2.05) is 41.9 Å². The van der Waals surface area contributed by atoms with E-state index in [1.165, 1.54) is 20.3 Å². The summed E-state index contributed by atoms with van der Waals surface area (Å²) in [4.78, 5) is 30.3. The molecule has 3 aromatic heterocycles. The fourth-order valence-electron chi connectivity index (χ4n) is 3.81. The molecule has 0 fully saturated rings. The monoisotopic (exact) mass is 455 g/mol. The average Bonchev–Trinajstić information content (AvgIpc) is 3.26. The van der Waals surface area contributed by atoms with Crippen LogP contribution in [0.1, 0.15) is 15.9 Å². The standard InChI is InChI=1S/C26H21N3O5/c1-15-9-10-29-14-20(27-23(29)11-15)16-7-8-21(32-2)19(13-16)28-25(30)18-12-17-5-4-6-22(33-3)24(17)34-26(18)31/h4-14H,1-3H3,(H,28,30). The van der Waals surface area contributed by atoms with Gasteiger partial charge in [-0.25, -0.2) is 9.78 Å². The van der Waals surface area contributed by atoms with Gasteiger partial charge in [-0.05, 0) is 55.0 Å². The molecule has 0 saturated heterocycles. The number of aryl methyl sites for hydroxylation is 1. The van der Waals surface area contributed by atoms with Crippen LogP contribution in [0.2, 0.25) is 0 Å². The maximum Gasteiger partial charge on any atom is 0.349 e. The summed E-state index contributed by atoms with van der Waals surface area (Å²) in [5.41, 5.74) is 3.25. The zero-order chi connectivity index (χ0) is 23.8. The highest BCUT2D eigenvalue weighted by Crippen LogP contribution is 2.31. The molecule has 1 N–H and O–H groups in total. The van der Waals surface area contributed by atoms with Gasteiger partial charge >= 0.3 is 5.63 Å². The lowest BCUT2D eigenvalue weighted by Crippen LogP contribution is -2.21. The number of nitrogens with zero attached hydrogens (tertiary/aromatic N) is 2. The molecule has 5 rings (SSSR count). The van der Waals surface area contributed by atoms with Gasteiger partial charge in [-0.1, -0.05) is 12.1 Å². The second-order valence-electron chi connectivity index (χ2n) is 7.79. The fourth-order valence-corrected chi connectivity index (χ4v) is 3.81. The molecule has 8 heteroatoms. The fraction of sp³-hybridized carbons (Fsp3) is 0.115. The number of hydrogen-bond donors (Lipinski definition) is 1. The summed E-state index contributed by atoms with van der Waals surface area (Å²) in [6.07, 6.45) is 3.86. The number of ether oxygens (including phenoxy) is 2. The highest BCUT2D eigenvalue weighted by Gasteiger charge is 2.18. The minimum atomic E-state index is -0.764. The Kier molecular flexibility index (Phi) is 5.25. The van der Waals surface area contributed by atoms with E-state index >= 15 is 0 Å². The second kappa shape index (κ2) is 8.40. The normalized spacial score (nSPS) is 11.0. The van der Waals surface area contributed by atoms with Crippen molar-refractivity contribution in [3.05, 3.63) is 88.5 Å². The van der Waals surface area contributed by atoms with Gasteiger partial charge in [0, 0.05) is 23.3 Å². The maximum atomic E-state index is 13.0. The molecule has 0 spiro atoms. The molecule has 0 aliphatic heterocycles. The van der Waals surface area contributed by atoms with Crippen LogP contribution in [-0.4, -0.2) is 29.5 Å². The number of hydrogen-bond acceptors (Lipinski definition) is 6. The van der Waals surface area contributed by atoms with Crippen molar-refractivity contribution in [1.29, 1.82) is 0 Å². The van der Waals surface area contributed by atoms with E-state index in [0.717, 1.165) is 22.5 Å². The largest absolute Gasteiger partial charge is 0.495 e. The van der Waals surface area contributed by atoms with Gasteiger partial charge in [-0.3, -0.25) is 4.79 Å². The first-order chi connectivity index (χ1) is 16.5. The van der Waals surface area contributed by atoms with Crippen molar-refractivity contribution >= 4 is 28.2 Å². The van der Waals surface area contributed by atoms with Crippen LogP contribution in [-0.2, 0) is 0 Å². The molecule has 1 amide bonds. The lowest BCUT2D eigenvalue weighted by molar-refractivity contribution is 0.102. The Morgan fingerprint density at radius 1 is 1.03 bits per heavy atom. The van der Waals surface area contributed by atoms with Gasteiger partial charge in [-0.15, -0.1) is 0 Å². The number of benzene rings is 2. The molecule has 170 valence electrons. The molecule has 0 radical (unpaired) electrons. The quantitative estimate of drug-likeness (QED) is 0.387. The van der Waals surface area contributed by atoms with E-state index in [4.69, 9.17) is 13.9 Å². The van der Waals surface area contributed by atoms with Crippen molar-refractivity contribution in [1.82, 2.24) is 9.38 Å². The van der Waals surface area contributed by atoms with Crippen LogP contribution < -0.4 is 20.4 Å². The number of aromatic nitrogens is 2. The Morgan fingerprint density at radius 3 is 2.65 bits per heavy atom. The van der Waals surface area contributed by atoms with E-state index in [9.17, 15) is 9.59 Å². The number of imidazole rings is 1. The van der Waals surface area contributed by atoms with Crippen LogP contribution in [0.5, 0.6) is 11.5 Å². The minimum Gasteiger partial charge on any atom is -0.495 e. The van der Waals surface area contributed by atoms with Gasteiger partial charge in [0.2, 0.25) is 0 Å². The van der Waals surface area contributed by atoms with Crippen LogP contribution in [0.4, 0.5) is 5.69 Å². The first kappa shape index (κ1) is 21.3. The van der Waals surface area contributed by atoms with Crippen molar-refractivity contribution in [3.63, 3.8) is 0 Å². The lowest BCUT2D eigenvalue weighted by Gasteiger charge is -2.12. The molecule has 0 saturated carbocycles. The summed E-state index contributed by atoms with van der Waals surface area (Å²) in [7, 11) is 2.99. The van der Waals surface area contributed by atoms with Crippen LogP contribution in [0, 0.1) is 6.92 Å². The van der Waals surface area contributed by atoms with E-state index < -0.39 is 11.5 Å². The molecular weight excluding hydrogens is 434 g/mol. The van der Waals surface area contributed by atoms with Gasteiger partial charge in [0.25, 0.3) is 5.91 Å². The van der Waals surface area contributed by atoms with Gasteiger partial charge in [-0.2, -0.15) is 0 Å². The van der Waals surface area contributed by atoms with Gasteiger partial charge in [0.1, 0.15) is 17.0 Å². The number of nitrogens with one attached hydrogen (secondary N) is 1. The molecule has 0 atom stereocenters. The number of methoxy groups -OCH3 is 2. The van der Waals surface area contributed by atoms with Crippen molar-refractivity contribution in [3.8, 4) is 22.8 Å². The zero-order valence-corrected chi connectivity index (χ0v) is 18.8. The van der Waals surface area contributed by atoms with Gasteiger partial charge < -0.3 is 23.6 Å². The molecule has 5 aromatic rings. The van der Waals surface area contributed by atoms with E-state index in [-0.39, 0.29) is 11.1 Å². The predicted molar refractivity (Wildman–Crippen MR) is 129 cm³/mol. The Bertz CT molecular complexity index is 1620. The van der Waals surface area contributed by atoms with Crippen LogP contribution in [0.25, 0.3) is 27.9 Å². The molecule has 8 nitrogen and oxygen atoms in total. The Labute approximate surface area is 194 Å². The first-order valence-electron chi connectivity index (χ1n) is 10.5. The molecule has 0 bridgehead atoms. The molecule has 0 aliphatic rings. The summed E-state index contributed by atoms with van der Waals surface area (Å²) >= 11 is 0. The third kappa shape index (κ3) is 3.75. The number of pyridine rings is 1. The van der Waals surface area contributed by atoms with E-state index in [1.54, 1.807) is 30.3 Å². The number of amides is 1. The number of para-hydroxylation sites is 1. The first-order valence-corrected chi connectivity index (χ1v) is 10.5. The molecule has 2 aromatic carbocycles. The molecule has 0 aliphatic carbocycles. The molecule has 3 heterocycles. The van der Waals surface area contributed by atoms with E-state index in [2.05, 4.69) is 10.3 Å². The lowest BCUT2D eigenvalue weighted by atomic mass is 10.1. The van der Waals surface area contributed by atoms with Gasteiger partial charge in [0.05, 0.1) is 25.6 Å². The summed E-state index contributed by atoms with van der Waals surface area (Å²) in [5, 5.41) is 3.35. The number of carbonyl (C=O) groups is 1. The Morgan fingerprint density at radius 2 is 1.85 bits per heavy atom. The topological polar surface area (TPSA) is 95.1 Å². The number of rotatable bonds is 5. The van der Waals surface area contributed by atoms with Crippen molar-refractivity contribution in [2.45, 2.75) is 6.92 Å². The number of carbonyl (C=O) groups excluding carboxylic acids is 1. The Balaban J connectivity index is 1.52. The van der Waals surface area contributed by atoms with Crippen molar-refractivity contribution in [2.24, 2.45) is 0 Å². The molecule has 0 unspecified atom stereocenters. The number of fused-ring (bicyclic) bond motifs is 2. The Hall–Kier alpha value is -4.59. The average molecular weight is 455 g/mol. The minimum absolute atomic E-state index is 0.128. The van der Waals surface area contributed by atoms with Crippen molar-refractivity contribution < 1.29 is 18.7 Å². The van der Waals surface area contributed by atoms with Crippen molar-refractivity contribution in [2.75, 3.05) is 19.5 Å². The highest BCUT2D eigenvalue weighted by molar-refractivity contribution is 6.06. The number of anilines is 1. The smallest absolute Gasteiger partial charge is 0.349 e. The summed E-state index contributed by atoms with van der Waals surface area (Å²) in [6, 6.07) is 16.0. The highest BCUT2D eigenvalue weighted by atomic mass is 16.5. The van der Waals surface area contributed by atoms with Crippen LogP contribution >= 0.6 is 0 Å². The van der Waals surface area contributed by atoms with Gasteiger partial charge in [0.15, 0.2) is 11.3 Å². The summed E-state index contributed by atoms with van der Waals surface area (Å²) in [6.45, 7) is 2.01. The third-order valence-corrected chi connectivity index (χ3v) is 5.55. The second-order valence-corrected chi connectivity index (χ2v) is 7.79. The summed E-state index contributed by atoms with van der Waals surface area (Å²) < 4.78 is 18.0. The molecule has 34 heavy (non-hydrogen) atoms.